The fourth-order valence-corrected chi connectivity index (χ4v) is 4.26. The Kier molecular flexibility index (Phi) is 6.07. The van der Waals surface area contributed by atoms with Crippen LogP contribution in [0.4, 0.5) is 4.79 Å². The van der Waals surface area contributed by atoms with Gasteiger partial charge in [-0.15, -0.1) is 0 Å². The Morgan fingerprint density at radius 2 is 1.82 bits per heavy atom. The number of piperidine rings is 1. The Morgan fingerprint density at radius 1 is 1.06 bits per heavy atom. The number of aromatic nitrogens is 2. The number of nitrogens with zero attached hydrogens (tertiary/aromatic N) is 3. The summed E-state index contributed by atoms with van der Waals surface area (Å²) in [6.45, 7) is 3.43. The fraction of sp³-hybridized carbons (Fsp3) is 0.296. The minimum Gasteiger partial charge on any atom is -0.424 e. The number of carbonyl (C=O) groups is 1. The standard InChI is InChI=1S/C27H28N4O2/c1-19-17-28-26(29-18-19)33-23-9-5-6-21(15-23)14-20-10-12-31(13-11-20)27(32)30-25-16-24(25)22-7-3-2-4-8-22/h2-9,14-15,17-18,24-25H,10-13,16H2,1H3,(H,30,32)/t24-,25?/m1/s1. The number of benzene rings is 2. The van der Waals surface area contributed by atoms with Crippen LogP contribution in [0.25, 0.3) is 6.08 Å². The van der Waals surface area contributed by atoms with Crippen molar-refractivity contribution in [3.05, 3.63) is 89.3 Å². The molecule has 2 fully saturated rings. The number of hydrogen-bond donors (Lipinski definition) is 1. The van der Waals surface area contributed by atoms with Crippen molar-refractivity contribution in [2.45, 2.75) is 38.1 Å². The third kappa shape index (κ3) is 5.40. The molecule has 0 spiro atoms. The van der Waals surface area contributed by atoms with Crippen molar-refractivity contribution in [2.75, 3.05) is 13.1 Å². The van der Waals surface area contributed by atoms with E-state index in [-0.39, 0.29) is 12.1 Å². The molecule has 2 heterocycles. The second-order valence-corrected chi connectivity index (χ2v) is 8.82. The van der Waals surface area contributed by atoms with Crippen LogP contribution >= 0.6 is 0 Å². The van der Waals surface area contributed by atoms with Gasteiger partial charge < -0.3 is 15.0 Å². The Balaban J connectivity index is 1.13. The van der Waals surface area contributed by atoms with Gasteiger partial charge in [-0.1, -0.05) is 54.1 Å². The van der Waals surface area contributed by atoms with Crippen molar-refractivity contribution in [1.29, 1.82) is 0 Å². The highest BCUT2D eigenvalue weighted by molar-refractivity contribution is 5.75. The lowest BCUT2D eigenvalue weighted by Gasteiger charge is -2.28. The SMILES string of the molecule is Cc1cnc(Oc2cccc(C=C3CCN(C(=O)NC4C[C@@H]4c4ccccc4)CC3)c2)nc1. The molecule has 0 bridgehead atoms. The number of rotatable bonds is 5. The van der Waals surface area contributed by atoms with Gasteiger partial charge in [0.25, 0.3) is 0 Å². The number of hydrogen-bond acceptors (Lipinski definition) is 4. The maximum Gasteiger partial charge on any atom is 0.321 e. The van der Waals surface area contributed by atoms with Crippen LogP contribution in [-0.4, -0.2) is 40.0 Å². The van der Waals surface area contributed by atoms with E-state index in [9.17, 15) is 4.79 Å². The molecule has 1 saturated carbocycles. The van der Waals surface area contributed by atoms with Gasteiger partial charge in [-0.3, -0.25) is 0 Å². The smallest absolute Gasteiger partial charge is 0.321 e. The zero-order valence-corrected chi connectivity index (χ0v) is 18.8. The number of nitrogens with one attached hydrogen (secondary N) is 1. The van der Waals surface area contributed by atoms with Crippen LogP contribution in [0.1, 0.15) is 41.9 Å². The Hall–Kier alpha value is -3.67. The number of carbonyl (C=O) groups excluding carboxylic acids is 1. The number of ether oxygens (including phenoxy) is 1. The molecule has 1 aromatic heterocycles. The zero-order valence-electron chi connectivity index (χ0n) is 18.8. The van der Waals surface area contributed by atoms with Crippen molar-refractivity contribution in [2.24, 2.45) is 0 Å². The summed E-state index contributed by atoms with van der Waals surface area (Å²) in [6, 6.07) is 19.0. The van der Waals surface area contributed by atoms with Crippen LogP contribution in [0, 0.1) is 6.92 Å². The van der Waals surface area contributed by atoms with E-state index >= 15 is 0 Å². The molecule has 3 aromatic rings. The first-order valence-electron chi connectivity index (χ1n) is 11.5. The summed E-state index contributed by atoms with van der Waals surface area (Å²) >= 11 is 0. The van der Waals surface area contributed by atoms with E-state index in [1.807, 2.05) is 36.1 Å². The van der Waals surface area contributed by atoms with Crippen molar-refractivity contribution < 1.29 is 9.53 Å². The van der Waals surface area contributed by atoms with Gasteiger partial charge >= 0.3 is 12.0 Å². The highest BCUT2D eigenvalue weighted by Gasteiger charge is 2.40. The first kappa shape index (κ1) is 21.2. The summed E-state index contributed by atoms with van der Waals surface area (Å²) in [7, 11) is 0. The topological polar surface area (TPSA) is 67.3 Å². The maximum absolute atomic E-state index is 12.7. The molecule has 1 aliphatic heterocycles. The van der Waals surface area contributed by atoms with Crippen LogP contribution < -0.4 is 10.1 Å². The van der Waals surface area contributed by atoms with Crippen molar-refractivity contribution in [3.8, 4) is 11.8 Å². The first-order chi connectivity index (χ1) is 16.1. The van der Waals surface area contributed by atoms with E-state index in [0.717, 1.165) is 43.5 Å². The molecule has 6 nitrogen and oxygen atoms in total. The normalized spacial score (nSPS) is 19.7. The highest BCUT2D eigenvalue weighted by atomic mass is 16.5. The molecule has 1 aliphatic carbocycles. The average molecular weight is 441 g/mol. The van der Waals surface area contributed by atoms with E-state index in [4.69, 9.17) is 4.74 Å². The van der Waals surface area contributed by atoms with Gasteiger partial charge in [-0.2, -0.15) is 0 Å². The second kappa shape index (κ2) is 9.45. The molecular formula is C27H28N4O2. The molecule has 1 unspecified atom stereocenters. The van der Waals surface area contributed by atoms with Crippen LogP contribution in [0.3, 0.4) is 0 Å². The summed E-state index contributed by atoms with van der Waals surface area (Å²) in [5.41, 5.74) is 4.73. The fourth-order valence-electron chi connectivity index (χ4n) is 4.26. The monoisotopic (exact) mass is 440 g/mol. The Bertz CT molecular complexity index is 1130. The number of urea groups is 1. The molecule has 168 valence electrons. The second-order valence-electron chi connectivity index (χ2n) is 8.82. The molecule has 1 N–H and O–H groups in total. The molecule has 2 aromatic carbocycles. The van der Waals surface area contributed by atoms with E-state index in [1.54, 1.807) is 12.4 Å². The van der Waals surface area contributed by atoms with E-state index < -0.39 is 0 Å². The third-order valence-electron chi connectivity index (χ3n) is 6.22. The van der Waals surface area contributed by atoms with Crippen LogP contribution in [0.2, 0.25) is 0 Å². The van der Waals surface area contributed by atoms with Gasteiger partial charge in [-0.05, 0) is 55.0 Å². The Morgan fingerprint density at radius 3 is 2.58 bits per heavy atom. The van der Waals surface area contributed by atoms with E-state index in [2.05, 4.69) is 51.7 Å². The average Bonchev–Trinajstić information content (AvgIpc) is 3.61. The molecule has 2 aliphatic rings. The van der Waals surface area contributed by atoms with Crippen LogP contribution in [0.15, 0.2) is 72.6 Å². The molecular weight excluding hydrogens is 412 g/mol. The van der Waals surface area contributed by atoms with Crippen molar-refractivity contribution in [1.82, 2.24) is 20.2 Å². The van der Waals surface area contributed by atoms with Gasteiger partial charge in [0, 0.05) is 37.4 Å². The highest BCUT2D eigenvalue weighted by Crippen LogP contribution is 2.40. The molecule has 6 heteroatoms. The quantitative estimate of drug-likeness (QED) is 0.583. The summed E-state index contributed by atoms with van der Waals surface area (Å²) in [6.07, 6.45) is 8.47. The lowest BCUT2D eigenvalue weighted by molar-refractivity contribution is 0.193. The third-order valence-corrected chi connectivity index (χ3v) is 6.22. The van der Waals surface area contributed by atoms with Gasteiger partial charge in [0.2, 0.25) is 0 Å². The molecule has 2 amide bonds. The van der Waals surface area contributed by atoms with Crippen LogP contribution in [-0.2, 0) is 0 Å². The predicted molar refractivity (Wildman–Crippen MR) is 128 cm³/mol. The molecule has 1 saturated heterocycles. The van der Waals surface area contributed by atoms with Gasteiger partial charge in [-0.25, -0.2) is 14.8 Å². The molecule has 2 atom stereocenters. The van der Waals surface area contributed by atoms with E-state index in [0.29, 0.717) is 17.7 Å². The number of aryl methyl sites for hydroxylation is 1. The molecule has 0 radical (unpaired) electrons. The molecule has 5 rings (SSSR count). The van der Waals surface area contributed by atoms with Gasteiger partial charge in [0.15, 0.2) is 0 Å². The minimum absolute atomic E-state index is 0.0611. The predicted octanol–water partition coefficient (Wildman–Crippen LogP) is 5.32. The minimum atomic E-state index is 0.0611. The summed E-state index contributed by atoms with van der Waals surface area (Å²) in [5, 5.41) is 3.21. The number of amides is 2. The maximum atomic E-state index is 12.7. The largest absolute Gasteiger partial charge is 0.424 e. The summed E-state index contributed by atoms with van der Waals surface area (Å²) in [4.78, 5) is 23.0. The zero-order chi connectivity index (χ0) is 22.6. The van der Waals surface area contributed by atoms with Gasteiger partial charge in [0.1, 0.15) is 5.75 Å². The van der Waals surface area contributed by atoms with Gasteiger partial charge in [0.05, 0.1) is 0 Å². The molecule has 33 heavy (non-hydrogen) atoms. The Labute approximate surface area is 194 Å². The van der Waals surface area contributed by atoms with Crippen LogP contribution in [0.5, 0.6) is 11.8 Å². The van der Waals surface area contributed by atoms with Crippen molar-refractivity contribution in [3.63, 3.8) is 0 Å². The lowest BCUT2D eigenvalue weighted by atomic mass is 10.0. The number of likely N-dealkylation sites (tertiary alicyclic amines) is 1. The first-order valence-corrected chi connectivity index (χ1v) is 11.5. The summed E-state index contributed by atoms with van der Waals surface area (Å²) < 4.78 is 5.78. The van der Waals surface area contributed by atoms with E-state index in [1.165, 1.54) is 11.1 Å². The van der Waals surface area contributed by atoms with Crippen molar-refractivity contribution >= 4 is 12.1 Å². The summed E-state index contributed by atoms with van der Waals surface area (Å²) in [5.74, 6) is 1.16. The lowest BCUT2D eigenvalue weighted by Crippen LogP contribution is -2.44.